The topological polar surface area (TPSA) is 25.4 Å². The highest BCUT2D eigenvalue weighted by Crippen LogP contribution is 2.36. The average Bonchev–Trinajstić information content (AvgIpc) is 3.04. The van der Waals surface area contributed by atoms with Crippen molar-refractivity contribution in [3.05, 3.63) is 65.5 Å². The van der Waals surface area contributed by atoms with Crippen molar-refractivity contribution in [2.75, 3.05) is 26.3 Å². The zero-order chi connectivity index (χ0) is 17.5. The van der Waals surface area contributed by atoms with Gasteiger partial charge in [-0.1, -0.05) is 36.4 Å². The molecule has 2 aromatic rings. The summed E-state index contributed by atoms with van der Waals surface area (Å²) in [4.78, 5) is 7.00. The minimum absolute atomic E-state index is 0.282. The number of nitrogens with zero attached hydrogens (tertiary/aromatic N) is 2. The molecule has 3 heteroatoms. The highest BCUT2D eigenvalue weighted by atomic mass is 16.5. The number of ether oxygens (including phenoxy) is 1. The summed E-state index contributed by atoms with van der Waals surface area (Å²) >= 11 is 0. The predicted octanol–water partition coefficient (Wildman–Crippen LogP) is 4.25. The molecule has 3 nitrogen and oxygen atoms in total. The summed E-state index contributed by atoms with van der Waals surface area (Å²) in [6.07, 6.45) is 5.56. The standard InChI is InChI=1S/C22H30N2O/c1-3-25-18-22(12-11-20-7-5-4-6-8-20)13-14-24(17-22)16-21-10-9-19(2)23-15-21/h4-10,15H,3,11-14,16-18H2,1-2H3. The van der Waals surface area contributed by atoms with E-state index < -0.39 is 0 Å². The van der Waals surface area contributed by atoms with Crippen molar-refractivity contribution >= 4 is 0 Å². The Morgan fingerprint density at radius 1 is 1.12 bits per heavy atom. The van der Waals surface area contributed by atoms with Gasteiger partial charge in [-0.3, -0.25) is 9.88 Å². The fourth-order valence-electron chi connectivity index (χ4n) is 3.78. The number of likely N-dealkylation sites (tertiary alicyclic amines) is 1. The van der Waals surface area contributed by atoms with Crippen molar-refractivity contribution in [1.82, 2.24) is 9.88 Å². The van der Waals surface area contributed by atoms with Gasteiger partial charge in [-0.15, -0.1) is 0 Å². The number of hydrogen-bond acceptors (Lipinski definition) is 3. The lowest BCUT2D eigenvalue weighted by molar-refractivity contribution is 0.0489. The van der Waals surface area contributed by atoms with Crippen LogP contribution in [0.4, 0.5) is 0 Å². The first kappa shape index (κ1) is 18.1. The molecule has 0 N–H and O–H groups in total. The molecule has 1 atom stereocenters. The van der Waals surface area contributed by atoms with Gasteiger partial charge in [0.05, 0.1) is 6.61 Å². The summed E-state index contributed by atoms with van der Waals surface area (Å²) in [6.45, 7) is 9.07. The van der Waals surface area contributed by atoms with Crippen molar-refractivity contribution in [1.29, 1.82) is 0 Å². The van der Waals surface area contributed by atoms with E-state index in [0.717, 1.165) is 45.0 Å². The quantitative estimate of drug-likeness (QED) is 0.719. The molecule has 134 valence electrons. The lowest BCUT2D eigenvalue weighted by atomic mass is 9.82. The van der Waals surface area contributed by atoms with Gasteiger partial charge in [0.25, 0.3) is 0 Å². The molecule has 1 fully saturated rings. The molecule has 1 aromatic carbocycles. The molecule has 25 heavy (non-hydrogen) atoms. The number of pyridine rings is 1. The van der Waals surface area contributed by atoms with E-state index in [1.54, 1.807) is 0 Å². The van der Waals surface area contributed by atoms with Gasteiger partial charge < -0.3 is 4.74 Å². The molecule has 2 heterocycles. The Labute approximate surface area is 152 Å². The maximum Gasteiger partial charge on any atom is 0.0535 e. The van der Waals surface area contributed by atoms with Gasteiger partial charge in [0.2, 0.25) is 0 Å². The molecule has 0 bridgehead atoms. The van der Waals surface area contributed by atoms with Crippen molar-refractivity contribution in [3.63, 3.8) is 0 Å². The normalized spacial score (nSPS) is 20.9. The number of rotatable bonds is 8. The van der Waals surface area contributed by atoms with Gasteiger partial charge >= 0.3 is 0 Å². The highest BCUT2D eigenvalue weighted by molar-refractivity contribution is 5.16. The van der Waals surface area contributed by atoms with Crippen molar-refractivity contribution in [2.45, 2.75) is 39.7 Å². The fraction of sp³-hybridized carbons (Fsp3) is 0.500. The molecule has 0 radical (unpaired) electrons. The Balaban J connectivity index is 1.61. The van der Waals surface area contributed by atoms with Crippen LogP contribution in [0, 0.1) is 12.3 Å². The Bertz CT molecular complexity index is 641. The molecule has 0 amide bonds. The van der Waals surface area contributed by atoms with E-state index in [4.69, 9.17) is 4.74 Å². The Hall–Kier alpha value is -1.71. The summed E-state index contributed by atoms with van der Waals surface area (Å²) < 4.78 is 5.88. The van der Waals surface area contributed by atoms with Crippen LogP contribution >= 0.6 is 0 Å². The van der Waals surface area contributed by atoms with Crippen LogP contribution in [-0.2, 0) is 17.7 Å². The van der Waals surface area contributed by atoms with E-state index in [9.17, 15) is 0 Å². The Morgan fingerprint density at radius 3 is 2.68 bits per heavy atom. The van der Waals surface area contributed by atoms with Crippen LogP contribution in [0.5, 0.6) is 0 Å². The summed E-state index contributed by atoms with van der Waals surface area (Å²) in [5.41, 5.74) is 4.10. The van der Waals surface area contributed by atoms with Gasteiger partial charge in [0, 0.05) is 37.0 Å². The largest absolute Gasteiger partial charge is 0.381 e. The molecule has 1 aromatic heterocycles. The lowest BCUT2D eigenvalue weighted by Crippen LogP contribution is -2.32. The molecule has 1 unspecified atom stereocenters. The van der Waals surface area contributed by atoms with E-state index >= 15 is 0 Å². The van der Waals surface area contributed by atoms with Gasteiger partial charge in [0.15, 0.2) is 0 Å². The second-order valence-electron chi connectivity index (χ2n) is 7.39. The molecular weight excluding hydrogens is 308 g/mol. The van der Waals surface area contributed by atoms with Crippen LogP contribution in [0.25, 0.3) is 0 Å². The second kappa shape index (κ2) is 8.59. The van der Waals surface area contributed by atoms with E-state index in [1.165, 1.54) is 24.0 Å². The predicted molar refractivity (Wildman–Crippen MR) is 103 cm³/mol. The van der Waals surface area contributed by atoms with Crippen LogP contribution in [0.15, 0.2) is 48.7 Å². The lowest BCUT2D eigenvalue weighted by Gasteiger charge is -2.29. The summed E-state index contributed by atoms with van der Waals surface area (Å²) in [6, 6.07) is 15.1. The smallest absolute Gasteiger partial charge is 0.0535 e. The third-order valence-electron chi connectivity index (χ3n) is 5.30. The molecule has 0 aliphatic carbocycles. The molecule has 1 saturated heterocycles. The minimum Gasteiger partial charge on any atom is -0.381 e. The second-order valence-corrected chi connectivity index (χ2v) is 7.39. The van der Waals surface area contributed by atoms with Crippen molar-refractivity contribution in [3.8, 4) is 0 Å². The van der Waals surface area contributed by atoms with Crippen molar-refractivity contribution in [2.24, 2.45) is 5.41 Å². The van der Waals surface area contributed by atoms with Gasteiger partial charge in [0.1, 0.15) is 0 Å². The van der Waals surface area contributed by atoms with Crippen LogP contribution in [-0.4, -0.2) is 36.2 Å². The Morgan fingerprint density at radius 2 is 1.96 bits per heavy atom. The first-order chi connectivity index (χ1) is 12.2. The summed E-state index contributed by atoms with van der Waals surface area (Å²) in [5, 5.41) is 0. The third-order valence-corrected chi connectivity index (χ3v) is 5.30. The number of aryl methyl sites for hydroxylation is 2. The van der Waals surface area contributed by atoms with E-state index in [1.807, 2.05) is 13.1 Å². The van der Waals surface area contributed by atoms with Gasteiger partial charge in [-0.25, -0.2) is 0 Å². The van der Waals surface area contributed by atoms with Crippen LogP contribution in [0.2, 0.25) is 0 Å². The molecular formula is C22H30N2O. The SMILES string of the molecule is CCOCC1(CCc2ccccc2)CCN(Cc2ccc(C)nc2)C1. The molecule has 0 spiro atoms. The van der Waals surface area contributed by atoms with Crippen molar-refractivity contribution < 1.29 is 4.74 Å². The maximum absolute atomic E-state index is 5.88. The maximum atomic E-state index is 5.88. The van der Waals surface area contributed by atoms with E-state index in [-0.39, 0.29) is 5.41 Å². The summed E-state index contributed by atoms with van der Waals surface area (Å²) in [5.74, 6) is 0. The van der Waals surface area contributed by atoms with Crippen LogP contribution < -0.4 is 0 Å². The molecule has 1 aliphatic rings. The van der Waals surface area contributed by atoms with Gasteiger partial charge in [-0.2, -0.15) is 0 Å². The number of hydrogen-bond donors (Lipinski definition) is 0. The van der Waals surface area contributed by atoms with Crippen LogP contribution in [0.1, 0.15) is 36.6 Å². The zero-order valence-corrected chi connectivity index (χ0v) is 15.6. The van der Waals surface area contributed by atoms with Gasteiger partial charge in [-0.05, 0) is 56.8 Å². The highest BCUT2D eigenvalue weighted by Gasteiger charge is 2.37. The van der Waals surface area contributed by atoms with Crippen LogP contribution in [0.3, 0.4) is 0 Å². The van der Waals surface area contributed by atoms with E-state index in [0.29, 0.717) is 0 Å². The molecule has 3 rings (SSSR count). The number of aromatic nitrogens is 1. The fourth-order valence-corrected chi connectivity index (χ4v) is 3.78. The molecule has 1 aliphatic heterocycles. The average molecular weight is 338 g/mol. The first-order valence-corrected chi connectivity index (χ1v) is 9.45. The first-order valence-electron chi connectivity index (χ1n) is 9.45. The molecule has 0 saturated carbocycles. The third kappa shape index (κ3) is 5.13. The zero-order valence-electron chi connectivity index (χ0n) is 15.6. The van der Waals surface area contributed by atoms with E-state index in [2.05, 4.69) is 59.3 Å². The monoisotopic (exact) mass is 338 g/mol. The number of benzene rings is 1. The minimum atomic E-state index is 0.282. The Kier molecular flexibility index (Phi) is 6.22. The summed E-state index contributed by atoms with van der Waals surface area (Å²) in [7, 11) is 0.